The maximum Gasteiger partial charge on any atom is 0.365 e. The van der Waals surface area contributed by atoms with Gasteiger partial charge < -0.3 is 23.9 Å². The van der Waals surface area contributed by atoms with E-state index in [9.17, 15) is 14.3 Å². The van der Waals surface area contributed by atoms with E-state index in [-0.39, 0.29) is 22.2 Å². The molecule has 2 atom stereocenters. The molecule has 4 aromatic rings. The van der Waals surface area contributed by atoms with Gasteiger partial charge >= 0.3 is 5.97 Å². The molecule has 2 aromatic carbocycles. The lowest BCUT2D eigenvalue weighted by molar-refractivity contribution is -0.0708. The Morgan fingerprint density at radius 3 is 2.83 bits per heavy atom. The van der Waals surface area contributed by atoms with Crippen molar-refractivity contribution in [2.75, 3.05) is 19.7 Å². The van der Waals surface area contributed by atoms with Gasteiger partial charge in [-0.05, 0) is 42.7 Å². The molecule has 214 valence electrons. The van der Waals surface area contributed by atoms with Crippen LogP contribution in [0, 0.1) is 17.1 Å². The number of carbonyl (C=O) groups is 1. The van der Waals surface area contributed by atoms with Crippen molar-refractivity contribution >= 4 is 33.4 Å². The number of hydrogen-bond donors (Lipinski definition) is 1. The number of benzene rings is 2. The standard InChI is InChI=1S/C30H26FN5O5S/c1-30(21-6-5-17(14-32)13-22(21)31)40-23-4-2-3-20(25(23)41-30)18-7-10-35(11-8-18)16-24-33-26-28(42-27(34-26)29(37)38)36(24)15-19-9-12-39-19/h2-7,13,19H,8-12,15-16H2,1H3,(H,37,38)/t19-,30-/m0/s1. The van der Waals surface area contributed by atoms with Crippen molar-refractivity contribution in [3.05, 3.63) is 75.8 Å². The van der Waals surface area contributed by atoms with Crippen molar-refractivity contribution in [3.8, 4) is 17.6 Å². The summed E-state index contributed by atoms with van der Waals surface area (Å²) in [5.41, 5.74) is 2.92. The molecular formula is C30H26FN5O5S. The monoisotopic (exact) mass is 587 g/mol. The highest BCUT2D eigenvalue weighted by molar-refractivity contribution is 7.19. The van der Waals surface area contributed by atoms with Crippen LogP contribution in [-0.2, 0) is 23.6 Å². The second-order valence-electron chi connectivity index (χ2n) is 10.7. The number of aromatic nitrogens is 3. The van der Waals surface area contributed by atoms with Crippen LogP contribution < -0.4 is 9.47 Å². The largest absolute Gasteiger partial charge is 0.476 e. The number of aromatic carboxylic acids is 1. The Balaban J connectivity index is 1.10. The summed E-state index contributed by atoms with van der Waals surface area (Å²) in [4.78, 5) is 23.4. The number of para-hydroxylation sites is 1. The molecule has 1 N–H and O–H groups in total. The summed E-state index contributed by atoms with van der Waals surface area (Å²) in [6.07, 6.45) is 3.97. The average molecular weight is 588 g/mol. The third kappa shape index (κ3) is 4.59. The third-order valence-corrected chi connectivity index (χ3v) is 8.97. The first-order valence-corrected chi connectivity index (χ1v) is 14.5. The summed E-state index contributed by atoms with van der Waals surface area (Å²) in [5.74, 6) is -1.03. The summed E-state index contributed by atoms with van der Waals surface area (Å²) < 4.78 is 35.0. The number of carboxylic acids is 1. The molecule has 12 heteroatoms. The number of nitriles is 1. The van der Waals surface area contributed by atoms with E-state index in [1.807, 2.05) is 24.3 Å². The van der Waals surface area contributed by atoms with Gasteiger partial charge in [-0.2, -0.15) is 5.26 Å². The molecule has 0 unspecified atom stereocenters. The molecular weight excluding hydrogens is 561 g/mol. The van der Waals surface area contributed by atoms with Crippen LogP contribution in [-0.4, -0.2) is 56.3 Å². The first-order chi connectivity index (χ1) is 20.3. The number of ether oxygens (including phenoxy) is 3. The van der Waals surface area contributed by atoms with Gasteiger partial charge in [0.2, 0.25) is 5.01 Å². The average Bonchev–Trinajstić information content (AvgIpc) is 3.62. The molecule has 0 aliphatic carbocycles. The van der Waals surface area contributed by atoms with E-state index >= 15 is 0 Å². The normalized spacial score (nSPS) is 21.6. The third-order valence-electron chi connectivity index (χ3n) is 7.92. The maximum atomic E-state index is 14.9. The fourth-order valence-corrected chi connectivity index (χ4v) is 6.50. The van der Waals surface area contributed by atoms with Crippen LogP contribution in [0.5, 0.6) is 11.5 Å². The molecule has 42 heavy (non-hydrogen) atoms. The van der Waals surface area contributed by atoms with E-state index in [4.69, 9.17) is 24.5 Å². The van der Waals surface area contributed by atoms with Crippen molar-refractivity contribution in [1.82, 2.24) is 19.4 Å². The topological polar surface area (TPSA) is 123 Å². The first-order valence-electron chi connectivity index (χ1n) is 13.6. The van der Waals surface area contributed by atoms with Gasteiger partial charge in [-0.1, -0.05) is 29.5 Å². The lowest BCUT2D eigenvalue weighted by atomic mass is 9.98. The fourth-order valence-electron chi connectivity index (χ4n) is 5.63. The Labute approximate surface area is 244 Å². The minimum atomic E-state index is -1.36. The summed E-state index contributed by atoms with van der Waals surface area (Å²) in [5, 5.41) is 18.5. The number of rotatable bonds is 7. The van der Waals surface area contributed by atoms with Gasteiger partial charge in [0.05, 0.1) is 36.4 Å². The molecule has 0 amide bonds. The van der Waals surface area contributed by atoms with E-state index < -0.39 is 17.6 Å². The van der Waals surface area contributed by atoms with E-state index in [0.717, 1.165) is 59.1 Å². The molecule has 0 saturated carbocycles. The number of carboxylic acid groups (broad SMARTS) is 1. The van der Waals surface area contributed by atoms with Crippen LogP contribution >= 0.6 is 11.3 Å². The van der Waals surface area contributed by atoms with Crippen LogP contribution in [0.15, 0.2) is 42.5 Å². The molecule has 1 saturated heterocycles. The van der Waals surface area contributed by atoms with Crippen LogP contribution in [0.2, 0.25) is 0 Å². The Kier molecular flexibility index (Phi) is 6.46. The highest BCUT2D eigenvalue weighted by atomic mass is 32.1. The highest BCUT2D eigenvalue weighted by Gasteiger charge is 2.42. The Bertz CT molecular complexity index is 1810. The van der Waals surface area contributed by atoms with Crippen molar-refractivity contribution in [2.24, 2.45) is 0 Å². The zero-order valence-corrected chi connectivity index (χ0v) is 23.5. The minimum absolute atomic E-state index is 0.0347. The van der Waals surface area contributed by atoms with Crippen molar-refractivity contribution in [3.63, 3.8) is 0 Å². The van der Waals surface area contributed by atoms with Gasteiger partial charge in [0.25, 0.3) is 5.79 Å². The maximum absolute atomic E-state index is 14.9. The van der Waals surface area contributed by atoms with Crippen LogP contribution in [0.1, 0.15) is 52.1 Å². The van der Waals surface area contributed by atoms with Gasteiger partial charge in [-0.25, -0.2) is 19.2 Å². The quantitative estimate of drug-likeness (QED) is 0.321. The molecule has 5 heterocycles. The predicted molar refractivity (Wildman–Crippen MR) is 151 cm³/mol. The summed E-state index contributed by atoms with van der Waals surface area (Å²) in [6.45, 7) is 5.06. The molecule has 3 aliphatic rings. The Morgan fingerprint density at radius 1 is 1.29 bits per heavy atom. The number of halogens is 1. The zero-order valence-electron chi connectivity index (χ0n) is 22.7. The molecule has 1 fully saturated rings. The number of nitrogens with zero attached hydrogens (tertiary/aromatic N) is 5. The Morgan fingerprint density at radius 2 is 2.14 bits per heavy atom. The number of imidazole rings is 1. The molecule has 3 aliphatic heterocycles. The lowest BCUT2D eigenvalue weighted by Crippen LogP contribution is -2.33. The number of thiazole rings is 1. The van der Waals surface area contributed by atoms with E-state index in [0.29, 0.717) is 36.8 Å². The Hall–Kier alpha value is -4.31. The molecule has 0 spiro atoms. The number of hydrogen-bond acceptors (Lipinski definition) is 9. The summed E-state index contributed by atoms with van der Waals surface area (Å²) >= 11 is 1.14. The van der Waals surface area contributed by atoms with Crippen molar-refractivity contribution in [1.29, 1.82) is 5.26 Å². The van der Waals surface area contributed by atoms with Gasteiger partial charge in [-0.3, -0.25) is 4.90 Å². The number of fused-ring (bicyclic) bond motifs is 2. The van der Waals surface area contributed by atoms with E-state index in [1.165, 1.54) is 12.1 Å². The van der Waals surface area contributed by atoms with Gasteiger partial charge in [0, 0.05) is 32.2 Å². The predicted octanol–water partition coefficient (Wildman–Crippen LogP) is 4.92. The van der Waals surface area contributed by atoms with Gasteiger partial charge in [0.15, 0.2) is 17.1 Å². The zero-order chi connectivity index (χ0) is 29.0. The lowest BCUT2D eigenvalue weighted by Gasteiger charge is -2.29. The second-order valence-corrected chi connectivity index (χ2v) is 11.7. The van der Waals surface area contributed by atoms with E-state index in [2.05, 4.69) is 20.5 Å². The second kappa shape index (κ2) is 10.2. The van der Waals surface area contributed by atoms with Crippen LogP contribution in [0.4, 0.5) is 4.39 Å². The van der Waals surface area contributed by atoms with Crippen molar-refractivity contribution < 1.29 is 28.5 Å². The van der Waals surface area contributed by atoms with Gasteiger partial charge in [0.1, 0.15) is 16.5 Å². The molecule has 7 rings (SSSR count). The van der Waals surface area contributed by atoms with E-state index in [1.54, 1.807) is 13.0 Å². The smallest absolute Gasteiger partial charge is 0.365 e. The minimum Gasteiger partial charge on any atom is -0.476 e. The van der Waals surface area contributed by atoms with Crippen molar-refractivity contribution in [2.45, 2.75) is 44.7 Å². The van der Waals surface area contributed by atoms with Crippen LogP contribution in [0.25, 0.3) is 16.1 Å². The first kappa shape index (κ1) is 26.6. The molecule has 10 nitrogen and oxygen atoms in total. The molecule has 0 bridgehead atoms. The summed E-state index contributed by atoms with van der Waals surface area (Å²) in [6, 6.07) is 11.9. The fraction of sp³-hybridized carbons (Fsp3) is 0.333. The molecule has 0 radical (unpaired) electrons. The molecule has 2 aromatic heterocycles. The van der Waals surface area contributed by atoms with Gasteiger partial charge in [-0.15, -0.1) is 0 Å². The highest BCUT2D eigenvalue weighted by Crippen LogP contribution is 2.49. The summed E-state index contributed by atoms with van der Waals surface area (Å²) in [7, 11) is 0. The SMILES string of the molecule is C[C@]1(c2ccc(C#N)cc2F)Oc2cccc(C3=CCN(Cc4nc5nc(C(=O)O)sc5n4C[C@@H]4CCO4)CC3)c2O1. The van der Waals surface area contributed by atoms with Crippen LogP contribution in [0.3, 0.4) is 0 Å².